The van der Waals surface area contributed by atoms with Crippen LogP contribution in [0.25, 0.3) is 0 Å². The average Bonchev–Trinajstić information content (AvgIpc) is 2.15. The Morgan fingerprint density at radius 3 is 2.29 bits per heavy atom. The van der Waals surface area contributed by atoms with Crippen molar-refractivity contribution in [1.82, 2.24) is 0 Å². The second-order valence-corrected chi connectivity index (χ2v) is 10.5. The Kier molecular flexibility index (Phi) is 3.89. The molecule has 1 aromatic carbocycles. The molecule has 0 fully saturated rings. The Bertz CT molecular complexity index is 394. The molecule has 0 spiro atoms. The largest absolute Gasteiger partial charge is 0.543 e. The average molecular weight is 254 g/mol. The molecule has 96 valence electrons. The monoisotopic (exact) mass is 254 g/mol. The van der Waals surface area contributed by atoms with Crippen molar-refractivity contribution in [2.45, 2.75) is 45.5 Å². The van der Waals surface area contributed by atoms with Gasteiger partial charge in [0, 0.05) is 0 Å². The van der Waals surface area contributed by atoms with Gasteiger partial charge in [0.05, 0.1) is 12.2 Å². The van der Waals surface area contributed by atoms with E-state index in [-0.39, 0.29) is 17.4 Å². The maximum absolute atomic E-state index is 9.67. The minimum atomic E-state index is -1.94. The van der Waals surface area contributed by atoms with Crippen LogP contribution in [-0.2, 0) is 6.61 Å². The molecule has 17 heavy (non-hydrogen) atoms. The molecule has 1 aromatic rings. The molecule has 0 bridgehead atoms. The van der Waals surface area contributed by atoms with E-state index in [1.807, 2.05) is 0 Å². The predicted octanol–water partition coefficient (Wildman–Crippen LogP) is 3.27. The van der Waals surface area contributed by atoms with Gasteiger partial charge in [-0.2, -0.15) is 0 Å². The molecule has 0 radical (unpaired) electrons. The highest BCUT2D eigenvalue weighted by molar-refractivity contribution is 6.74. The molecule has 0 saturated carbocycles. The Hall–Kier alpha value is -1.00. The van der Waals surface area contributed by atoms with E-state index in [4.69, 9.17) is 4.43 Å². The number of aromatic hydroxyl groups is 1. The number of aliphatic hydroxyl groups is 1. The van der Waals surface area contributed by atoms with Crippen LogP contribution in [0.4, 0.5) is 0 Å². The first-order valence-corrected chi connectivity index (χ1v) is 8.70. The fraction of sp³-hybridized carbons (Fsp3) is 0.538. The predicted molar refractivity (Wildman–Crippen MR) is 71.9 cm³/mol. The van der Waals surface area contributed by atoms with Crippen molar-refractivity contribution >= 4 is 8.32 Å². The highest BCUT2D eigenvalue weighted by atomic mass is 28.4. The Morgan fingerprint density at radius 1 is 1.24 bits per heavy atom. The first-order valence-electron chi connectivity index (χ1n) is 5.80. The van der Waals surface area contributed by atoms with Crippen LogP contribution in [-0.4, -0.2) is 18.5 Å². The third kappa shape index (κ3) is 3.01. The quantitative estimate of drug-likeness (QED) is 0.814. The van der Waals surface area contributed by atoms with Gasteiger partial charge in [-0.25, -0.2) is 0 Å². The molecule has 0 unspecified atom stereocenters. The van der Waals surface area contributed by atoms with E-state index in [2.05, 4.69) is 33.9 Å². The Balaban J connectivity index is 3.08. The molecule has 0 atom stereocenters. The molecule has 0 saturated heterocycles. The van der Waals surface area contributed by atoms with Gasteiger partial charge in [-0.1, -0.05) is 26.8 Å². The summed E-state index contributed by atoms with van der Waals surface area (Å²) in [5, 5.41) is 19.0. The summed E-state index contributed by atoms with van der Waals surface area (Å²) < 4.78 is 6.09. The van der Waals surface area contributed by atoms with E-state index in [0.29, 0.717) is 11.3 Å². The highest BCUT2D eigenvalue weighted by Crippen LogP contribution is 2.39. The van der Waals surface area contributed by atoms with Gasteiger partial charge in [0.1, 0.15) is 11.5 Å². The van der Waals surface area contributed by atoms with E-state index in [1.165, 1.54) is 0 Å². The topological polar surface area (TPSA) is 49.7 Å². The van der Waals surface area contributed by atoms with Crippen LogP contribution in [0.3, 0.4) is 0 Å². The van der Waals surface area contributed by atoms with Crippen LogP contribution in [0.5, 0.6) is 11.5 Å². The van der Waals surface area contributed by atoms with E-state index >= 15 is 0 Å². The second kappa shape index (κ2) is 4.70. The van der Waals surface area contributed by atoms with Crippen molar-refractivity contribution in [2.75, 3.05) is 0 Å². The van der Waals surface area contributed by atoms with Crippen molar-refractivity contribution in [2.24, 2.45) is 0 Å². The summed E-state index contributed by atoms with van der Waals surface area (Å²) in [6.45, 7) is 10.5. The normalized spacial score (nSPS) is 12.6. The van der Waals surface area contributed by atoms with E-state index in [0.717, 1.165) is 0 Å². The lowest BCUT2D eigenvalue weighted by molar-refractivity contribution is 0.271. The van der Waals surface area contributed by atoms with Crippen molar-refractivity contribution in [1.29, 1.82) is 0 Å². The molecular formula is C13H22O3Si. The van der Waals surface area contributed by atoms with Gasteiger partial charge in [-0.3, -0.25) is 0 Å². The number of aliphatic hydroxyl groups excluding tert-OH is 1. The summed E-state index contributed by atoms with van der Waals surface area (Å²) in [7, 11) is -1.94. The van der Waals surface area contributed by atoms with Gasteiger partial charge >= 0.3 is 0 Å². The minimum Gasteiger partial charge on any atom is -0.543 e. The van der Waals surface area contributed by atoms with Crippen LogP contribution in [0.15, 0.2) is 18.2 Å². The lowest BCUT2D eigenvalue weighted by atomic mass is 10.2. The van der Waals surface area contributed by atoms with Gasteiger partial charge in [0.2, 0.25) is 8.32 Å². The van der Waals surface area contributed by atoms with Gasteiger partial charge in [-0.05, 0) is 30.3 Å². The van der Waals surface area contributed by atoms with Crippen molar-refractivity contribution in [3.05, 3.63) is 23.8 Å². The van der Waals surface area contributed by atoms with Gasteiger partial charge < -0.3 is 14.6 Å². The SMILES string of the molecule is CC(C)(C)[Si](C)(C)Oc1cccc(O)c1CO. The zero-order valence-electron chi connectivity index (χ0n) is 11.2. The number of hydrogen-bond donors (Lipinski definition) is 2. The fourth-order valence-electron chi connectivity index (χ4n) is 1.24. The van der Waals surface area contributed by atoms with Crippen LogP contribution in [0.2, 0.25) is 18.1 Å². The maximum atomic E-state index is 9.67. The lowest BCUT2D eigenvalue weighted by Crippen LogP contribution is -2.44. The first kappa shape index (κ1) is 14.1. The molecule has 4 heteroatoms. The second-order valence-electron chi connectivity index (χ2n) is 5.77. The zero-order valence-corrected chi connectivity index (χ0v) is 12.2. The molecule has 0 aliphatic rings. The Morgan fingerprint density at radius 2 is 1.82 bits per heavy atom. The standard InChI is InChI=1S/C13H22O3Si/c1-13(2,3)17(4,5)16-12-8-6-7-11(15)10(12)9-14/h6-8,14-15H,9H2,1-5H3. The van der Waals surface area contributed by atoms with E-state index in [1.54, 1.807) is 18.2 Å². The minimum absolute atomic E-state index is 0.0868. The summed E-state index contributed by atoms with van der Waals surface area (Å²) in [4.78, 5) is 0. The molecule has 3 nitrogen and oxygen atoms in total. The zero-order chi connectivity index (χ0) is 13.3. The first-order chi connectivity index (χ1) is 7.69. The van der Waals surface area contributed by atoms with E-state index < -0.39 is 8.32 Å². The molecule has 0 amide bonds. The molecular weight excluding hydrogens is 232 g/mol. The van der Waals surface area contributed by atoms with Gasteiger partial charge in [-0.15, -0.1) is 0 Å². The Labute approximate surface area is 104 Å². The molecule has 0 heterocycles. The van der Waals surface area contributed by atoms with Crippen LogP contribution >= 0.6 is 0 Å². The number of hydrogen-bond acceptors (Lipinski definition) is 3. The smallest absolute Gasteiger partial charge is 0.250 e. The van der Waals surface area contributed by atoms with Crippen LogP contribution < -0.4 is 4.43 Å². The van der Waals surface area contributed by atoms with Crippen LogP contribution in [0, 0.1) is 0 Å². The number of rotatable bonds is 3. The highest BCUT2D eigenvalue weighted by Gasteiger charge is 2.39. The number of phenols is 1. The molecule has 2 N–H and O–H groups in total. The van der Waals surface area contributed by atoms with Crippen molar-refractivity contribution in [3.63, 3.8) is 0 Å². The fourth-order valence-corrected chi connectivity index (χ4v) is 2.28. The summed E-state index contributed by atoms with van der Waals surface area (Å²) in [5.74, 6) is 0.683. The number of benzene rings is 1. The molecule has 1 rings (SSSR count). The lowest BCUT2D eigenvalue weighted by Gasteiger charge is -2.37. The van der Waals surface area contributed by atoms with Crippen molar-refractivity contribution < 1.29 is 14.6 Å². The van der Waals surface area contributed by atoms with Crippen LogP contribution in [0.1, 0.15) is 26.3 Å². The summed E-state index contributed by atoms with van der Waals surface area (Å²) in [6.07, 6.45) is 0. The third-order valence-electron chi connectivity index (χ3n) is 3.44. The maximum Gasteiger partial charge on any atom is 0.250 e. The summed E-state index contributed by atoms with van der Waals surface area (Å²) in [6, 6.07) is 5.09. The van der Waals surface area contributed by atoms with Gasteiger partial charge in [0.25, 0.3) is 0 Å². The third-order valence-corrected chi connectivity index (χ3v) is 7.78. The molecule has 0 aromatic heterocycles. The van der Waals surface area contributed by atoms with Gasteiger partial charge in [0.15, 0.2) is 0 Å². The van der Waals surface area contributed by atoms with E-state index in [9.17, 15) is 10.2 Å². The summed E-state index contributed by atoms with van der Waals surface area (Å²) in [5.41, 5.74) is 0.470. The molecule has 0 aliphatic heterocycles. The molecule has 0 aliphatic carbocycles. The van der Waals surface area contributed by atoms with Crippen molar-refractivity contribution in [3.8, 4) is 11.5 Å². The summed E-state index contributed by atoms with van der Waals surface area (Å²) >= 11 is 0.